The molecule has 2 aromatic rings. The smallest absolute Gasteiger partial charge is 0.244 e. The van der Waals surface area contributed by atoms with Crippen molar-refractivity contribution in [3.63, 3.8) is 0 Å². The number of benzene rings is 2. The summed E-state index contributed by atoms with van der Waals surface area (Å²) in [4.78, 5) is 12.0. The zero-order valence-corrected chi connectivity index (χ0v) is 13.7. The molecule has 0 radical (unpaired) electrons. The van der Waals surface area contributed by atoms with Gasteiger partial charge in [-0.25, -0.2) is 4.39 Å². The number of aliphatic hydroxyl groups excluding tert-OH is 1. The number of rotatable bonds is 7. The molecule has 2 N–H and O–H groups in total. The maximum Gasteiger partial charge on any atom is 0.244 e. The highest BCUT2D eigenvalue weighted by atomic mass is 19.1. The molecular formula is C20H22FNO2. The first-order valence-corrected chi connectivity index (χ1v) is 7.99. The number of carbonyl (C=O) groups is 1. The SMILES string of the molecule is CC(O)CC(CNC(=O)/C=C/c1cccc(F)c1)c1ccccc1. The first kappa shape index (κ1) is 17.9. The van der Waals surface area contributed by atoms with Crippen LogP contribution in [0.5, 0.6) is 0 Å². The van der Waals surface area contributed by atoms with Gasteiger partial charge in [0.1, 0.15) is 5.82 Å². The zero-order chi connectivity index (χ0) is 17.4. The number of halogens is 1. The molecule has 2 rings (SSSR count). The van der Waals surface area contributed by atoms with Gasteiger partial charge in [-0.05, 0) is 42.7 Å². The molecule has 2 aromatic carbocycles. The minimum absolute atomic E-state index is 0.0396. The van der Waals surface area contributed by atoms with Gasteiger partial charge < -0.3 is 10.4 Å². The molecule has 3 nitrogen and oxygen atoms in total. The lowest BCUT2D eigenvalue weighted by molar-refractivity contribution is -0.116. The van der Waals surface area contributed by atoms with E-state index in [1.807, 2.05) is 30.3 Å². The third kappa shape index (κ3) is 5.97. The molecule has 1 amide bonds. The molecule has 0 aliphatic rings. The molecule has 0 heterocycles. The highest BCUT2D eigenvalue weighted by molar-refractivity contribution is 5.91. The number of hydrogen-bond donors (Lipinski definition) is 2. The summed E-state index contributed by atoms with van der Waals surface area (Å²) in [5.74, 6) is -0.540. The van der Waals surface area contributed by atoms with E-state index in [-0.39, 0.29) is 17.6 Å². The van der Waals surface area contributed by atoms with Crippen LogP contribution in [0.1, 0.15) is 30.4 Å². The average molecular weight is 327 g/mol. The predicted octanol–water partition coefficient (Wildman–Crippen LogP) is 3.51. The summed E-state index contributed by atoms with van der Waals surface area (Å²) < 4.78 is 13.1. The second kappa shape index (κ2) is 8.99. The van der Waals surface area contributed by atoms with Gasteiger partial charge in [-0.2, -0.15) is 0 Å². The minimum atomic E-state index is -0.449. The molecule has 0 aromatic heterocycles. The van der Waals surface area contributed by atoms with Gasteiger partial charge in [0.05, 0.1) is 6.10 Å². The van der Waals surface area contributed by atoms with Crippen molar-refractivity contribution in [1.29, 1.82) is 0 Å². The van der Waals surface area contributed by atoms with Crippen molar-refractivity contribution in [3.05, 3.63) is 77.6 Å². The highest BCUT2D eigenvalue weighted by Crippen LogP contribution is 2.20. The lowest BCUT2D eigenvalue weighted by atomic mass is 9.93. The van der Waals surface area contributed by atoms with Crippen molar-refractivity contribution < 1.29 is 14.3 Å². The van der Waals surface area contributed by atoms with Gasteiger partial charge in [0.25, 0.3) is 0 Å². The van der Waals surface area contributed by atoms with E-state index in [2.05, 4.69) is 5.32 Å². The van der Waals surface area contributed by atoms with Crippen molar-refractivity contribution in [3.8, 4) is 0 Å². The first-order chi connectivity index (χ1) is 11.5. The molecule has 0 aliphatic carbocycles. The summed E-state index contributed by atoms with van der Waals surface area (Å²) in [5.41, 5.74) is 1.71. The number of carbonyl (C=O) groups excluding carboxylic acids is 1. The third-order valence-electron chi connectivity index (χ3n) is 3.70. The molecule has 2 unspecified atom stereocenters. The van der Waals surface area contributed by atoms with Gasteiger partial charge >= 0.3 is 0 Å². The van der Waals surface area contributed by atoms with E-state index < -0.39 is 6.10 Å². The van der Waals surface area contributed by atoms with Crippen LogP contribution in [0, 0.1) is 5.82 Å². The zero-order valence-electron chi connectivity index (χ0n) is 13.7. The molecule has 0 aliphatic heterocycles. The van der Waals surface area contributed by atoms with E-state index in [9.17, 15) is 14.3 Å². The van der Waals surface area contributed by atoms with Crippen molar-refractivity contribution in [2.75, 3.05) is 6.54 Å². The fraction of sp³-hybridized carbons (Fsp3) is 0.250. The largest absolute Gasteiger partial charge is 0.393 e. The molecule has 0 saturated heterocycles. The maximum absolute atomic E-state index is 13.1. The second-order valence-corrected chi connectivity index (χ2v) is 5.83. The number of nitrogens with one attached hydrogen (secondary N) is 1. The monoisotopic (exact) mass is 327 g/mol. The maximum atomic E-state index is 13.1. The van der Waals surface area contributed by atoms with Gasteiger partial charge in [0.2, 0.25) is 5.91 Å². The molecule has 0 bridgehead atoms. The third-order valence-corrected chi connectivity index (χ3v) is 3.70. The van der Waals surface area contributed by atoms with Gasteiger partial charge in [-0.1, -0.05) is 42.5 Å². The Morgan fingerprint density at radius 1 is 1.21 bits per heavy atom. The summed E-state index contributed by atoms with van der Waals surface area (Å²) in [5, 5.41) is 12.5. The number of amides is 1. The van der Waals surface area contributed by atoms with E-state index >= 15 is 0 Å². The van der Waals surface area contributed by atoms with Crippen LogP contribution < -0.4 is 5.32 Å². The Bertz CT molecular complexity index is 683. The number of aliphatic hydroxyl groups is 1. The van der Waals surface area contributed by atoms with Crippen molar-refractivity contribution in [2.45, 2.75) is 25.4 Å². The molecule has 0 fully saturated rings. The molecule has 126 valence electrons. The van der Waals surface area contributed by atoms with Gasteiger partial charge in [0.15, 0.2) is 0 Å². The average Bonchev–Trinajstić information content (AvgIpc) is 2.57. The summed E-state index contributed by atoms with van der Waals surface area (Å²) in [6.07, 6.45) is 3.08. The fourth-order valence-corrected chi connectivity index (χ4v) is 2.54. The summed E-state index contributed by atoms with van der Waals surface area (Å²) >= 11 is 0. The van der Waals surface area contributed by atoms with Crippen LogP contribution in [0.15, 0.2) is 60.7 Å². The van der Waals surface area contributed by atoms with Crippen LogP contribution in [-0.2, 0) is 4.79 Å². The van der Waals surface area contributed by atoms with E-state index in [1.54, 1.807) is 25.1 Å². The fourth-order valence-electron chi connectivity index (χ4n) is 2.54. The molecular weight excluding hydrogens is 305 g/mol. The topological polar surface area (TPSA) is 49.3 Å². The van der Waals surface area contributed by atoms with Crippen LogP contribution in [0.4, 0.5) is 4.39 Å². The summed E-state index contributed by atoms with van der Waals surface area (Å²) in [6, 6.07) is 15.8. The quantitative estimate of drug-likeness (QED) is 0.765. The second-order valence-electron chi connectivity index (χ2n) is 5.83. The van der Waals surface area contributed by atoms with E-state index in [0.717, 1.165) is 5.56 Å². The van der Waals surface area contributed by atoms with Crippen LogP contribution in [0.25, 0.3) is 6.08 Å². The van der Waals surface area contributed by atoms with E-state index in [4.69, 9.17) is 0 Å². The van der Waals surface area contributed by atoms with Crippen molar-refractivity contribution >= 4 is 12.0 Å². The van der Waals surface area contributed by atoms with Crippen LogP contribution in [-0.4, -0.2) is 23.7 Å². The Labute approximate surface area is 141 Å². The van der Waals surface area contributed by atoms with Crippen LogP contribution in [0.3, 0.4) is 0 Å². The molecule has 24 heavy (non-hydrogen) atoms. The Hall–Kier alpha value is -2.46. The van der Waals surface area contributed by atoms with Crippen molar-refractivity contribution in [1.82, 2.24) is 5.32 Å². The minimum Gasteiger partial charge on any atom is -0.393 e. The lowest BCUT2D eigenvalue weighted by Gasteiger charge is -2.19. The molecule has 4 heteroatoms. The van der Waals surface area contributed by atoms with Gasteiger partial charge in [0, 0.05) is 18.5 Å². The summed E-state index contributed by atoms with van der Waals surface area (Å²) in [7, 11) is 0. The summed E-state index contributed by atoms with van der Waals surface area (Å²) in [6.45, 7) is 2.17. The van der Waals surface area contributed by atoms with Gasteiger partial charge in [-0.15, -0.1) is 0 Å². The Morgan fingerprint density at radius 3 is 2.62 bits per heavy atom. The highest BCUT2D eigenvalue weighted by Gasteiger charge is 2.14. The van der Waals surface area contributed by atoms with Crippen LogP contribution >= 0.6 is 0 Å². The van der Waals surface area contributed by atoms with Crippen LogP contribution in [0.2, 0.25) is 0 Å². The Morgan fingerprint density at radius 2 is 1.96 bits per heavy atom. The Kier molecular flexibility index (Phi) is 6.70. The Balaban J connectivity index is 1.94. The van der Waals surface area contributed by atoms with Crippen molar-refractivity contribution in [2.24, 2.45) is 0 Å². The molecule has 0 spiro atoms. The standard InChI is InChI=1S/C20H22FNO2/c1-15(23)12-18(17-7-3-2-4-8-17)14-22-20(24)11-10-16-6-5-9-19(21)13-16/h2-11,13,15,18,23H,12,14H2,1H3,(H,22,24)/b11-10+. The van der Waals surface area contributed by atoms with E-state index in [0.29, 0.717) is 18.5 Å². The van der Waals surface area contributed by atoms with E-state index in [1.165, 1.54) is 18.2 Å². The lowest BCUT2D eigenvalue weighted by Crippen LogP contribution is -2.28. The van der Waals surface area contributed by atoms with Gasteiger partial charge in [-0.3, -0.25) is 4.79 Å². The predicted molar refractivity (Wildman–Crippen MR) is 93.9 cm³/mol. The number of hydrogen-bond acceptors (Lipinski definition) is 2. The first-order valence-electron chi connectivity index (χ1n) is 7.99. The molecule has 0 saturated carbocycles. The normalized spacial score (nSPS) is 13.6. The molecule has 2 atom stereocenters.